The lowest BCUT2D eigenvalue weighted by Crippen LogP contribution is -2.29. The van der Waals surface area contributed by atoms with E-state index in [1.54, 1.807) is 12.3 Å². The van der Waals surface area contributed by atoms with Crippen molar-refractivity contribution in [3.63, 3.8) is 0 Å². The van der Waals surface area contributed by atoms with Crippen LogP contribution in [0.25, 0.3) is 0 Å². The molecule has 1 aliphatic rings. The number of carbonyl (C=O) groups is 1. The highest BCUT2D eigenvalue weighted by molar-refractivity contribution is 5.80. The Morgan fingerprint density at radius 1 is 1.50 bits per heavy atom. The second-order valence-corrected chi connectivity index (χ2v) is 3.79. The second kappa shape index (κ2) is 4.78. The Hall–Kier alpha value is -1.85. The summed E-state index contributed by atoms with van der Waals surface area (Å²) in [6.45, 7) is 1.23. The highest BCUT2D eigenvalue weighted by Crippen LogP contribution is 2.28. The number of rotatable bonds is 5. The first-order chi connectivity index (χ1) is 7.75. The van der Waals surface area contributed by atoms with Crippen LogP contribution in [0.4, 0.5) is 11.8 Å². The van der Waals surface area contributed by atoms with Gasteiger partial charge >= 0.3 is 0 Å². The van der Waals surface area contributed by atoms with Gasteiger partial charge in [-0.2, -0.15) is 4.98 Å². The number of hydrogen-bond acceptors (Lipinski definition) is 5. The van der Waals surface area contributed by atoms with Crippen LogP contribution in [0.5, 0.6) is 0 Å². The molecular weight excluding hydrogens is 206 g/mol. The van der Waals surface area contributed by atoms with E-state index in [9.17, 15) is 4.79 Å². The molecule has 1 saturated carbocycles. The van der Waals surface area contributed by atoms with Crippen LogP contribution in [0, 0.1) is 5.92 Å². The summed E-state index contributed by atoms with van der Waals surface area (Å²) in [6, 6.07) is 1.74. The minimum atomic E-state index is 0.156. The first-order valence-corrected chi connectivity index (χ1v) is 5.36. The first kappa shape index (κ1) is 10.7. The fourth-order valence-corrected chi connectivity index (χ4v) is 1.34. The predicted octanol–water partition coefficient (Wildman–Crippen LogP) is -0.00310. The van der Waals surface area contributed by atoms with Crippen molar-refractivity contribution >= 4 is 17.7 Å². The number of nitrogens with one attached hydrogen (secondary N) is 2. The van der Waals surface area contributed by atoms with Gasteiger partial charge in [0.1, 0.15) is 5.82 Å². The van der Waals surface area contributed by atoms with Crippen molar-refractivity contribution in [2.45, 2.75) is 12.8 Å². The van der Waals surface area contributed by atoms with Gasteiger partial charge in [0.05, 0.1) is 0 Å². The Morgan fingerprint density at radius 3 is 3.00 bits per heavy atom. The van der Waals surface area contributed by atoms with Crippen molar-refractivity contribution < 1.29 is 4.79 Å². The van der Waals surface area contributed by atoms with Crippen LogP contribution in [0.2, 0.25) is 0 Å². The quantitative estimate of drug-likeness (QED) is 0.608. The number of carbonyl (C=O) groups excluding carboxylic acids is 1. The van der Waals surface area contributed by atoms with Gasteiger partial charge in [0.25, 0.3) is 0 Å². The number of hydrogen-bond donors (Lipinski definition) is 3. The van der Waals surface area contributed by atoms with E-state index >= 15 is 0 Å². The lowest BCUT2D eigenvalue weighted by atomic mass is 10.4. The van der Waals surface area contributed by atoms with Crippen molar-refractivity contribution in [2.75, 3.05) is 24.1 Å². The van der Waals surface area contributed by atoms with E-state index in [0.717, 1.165) is 12.8 Å². The molecule has 0 aliphatic heterocycles. The molecule has 0 spiro atoms. The van der Waals surface area contributed by atoms with Gasteiger partial charge in [0.2, 0.25) is 11.9 Å². The normalized spacial score (nSPS) is 14.5. The van der Waals surface area contributed by atoms with Crippen LogP contribution in [0.1, 0.15) is 12.8 Å². The average Bonchev–Trinajstić information content (AvgIpc) is 3.08. The maximum atomic E-state index is 11.3. The SMILES string of the molecule is Nc1nccc(NCCNC(=O)C2CC2)n1. The zero-order valence-corrected chi connectivity index (χ0v) is 8.94. The van der Waals surface area contributed by atoms with Crippen molar-refractivity contribution in [1.29, 1.82) is 0 Å². The number of anilines is 2. The van der Waals surface area contributed by atoms with Crippen LogP contribution in [-0.2, 0) is 4.79 Å². The molecule has 1 aromatic rings. The van der Waals surface area contributed by atoms with Crippen LogP contribution in [-0.4, -0.2) is 29.0 Å². The standard InChI is InChI=1S/C10H15N5O/c11-10-14-4-3-8(15-10)12-5-6-13-9(16)7-1-2-7/h3-4,7H,1-2,5-6H2,(H,13,16)(H3,11,12,14,15). The van der Waals surface area contributed by atoms with Gasteiger partial charge in [-0.05, 0) is 18.9 Å². The summed E-state index contributed by atoms with van der Waals surface area (Å²) in [7, 11) is 0. The van der Waals surface area contributed by atoms with Gasteiger partial charge in [-0.25, -0.2) is 4.98 Å². The van der Waals surface area contributed by atoms with Crippen molar-refractivity contribution in [3.05, 3.63) is 12.3 Å². The molecule has 86 valence electrons. The first-order valence-electron chi connectivity index (χ1n) is 5.36. The van der Waals surface area contributed by atoms with Crippen LogP contribution in [0.15, 0.2) is 12.3 Å². The molecule has 1 amide bonds. The van der Waals surface area contributed by atoms with Crippen molar-refractivity contribution in [1.82, 2.24) is 15.3 Å². The largest absolute Gasteiger partial charge is 0.368 e. The minimum Gasteiger partial charge on any atom is -0.368 e. The highest BCUT2D eigenvalue weighted by atomic mass is 16.2. The number of aromatic nitrogens is 2. The number of nitrogens with zero attached hydrogens (tertiary/aromatic N) is 2. The molecular formula is C10H15N5O. The van der Waals surface area contributed by atoms with Gasteiger partial charge in [-0.15, -0.1) is 0 Å². The van der Waals surface area contributed by atoms with Gasteiger partial charge in [-0.3, -0.25) is 4.79 Å². The molecule has 2 rings (SSSR count). The van der Waals surface area contributed by atoms with Crippen LogP contribution in [0.3, 0.4) is 0 Å². The molecule has 6 heteroatoms. The predicted molar refractivity (Wildman–Crippen MR) is 60.7 cm³/mol. The van der Waals surface area contributed by atoms with E-state index in [1.165, 1.54) is 0 Å². The maximum absolute atomic E-state index is 11.3. The number of nitrogens with two attached hydrogens (primary N) is 1. The molecule has 1 fully saturated rings. The molecule has 16 heavy (non-hydrogen) atoms. The molecule has 1 aliphatic carbocycles. The highest BCUT2D eigenvalue weighted by Gasteiger charge is 2.28. The summed E-state index contributed by atoms with van der Waals surface area (Å²) in [6.07, 6.45) is 3.65. The van der Waals surface area contributed by atoms with E-state index in [2.05, 4.69) is 20.6 Å². The Bertz CT molecular complexity index is 377. The molecule has 0 atom stereocenters. The summed E-state index contributed by atoms with van der Waals surface area (Å²) in [5.74, 6) is 1.33. The topological polar surface area (TPSA) is 92.9 Å². The number of nitrogen functional groups attached to an aromatic ring is 1. The van der Waals surface area contributed by atoms with Crippen molar-refractivity contribution in [2.24, 2.45) is 5.92 Å². The Balaban J connectivity index is 1.65. The monoisotopic (exact) mass is 221 g/mol. The summed E-state index contributed by atoms with van der Waals surface area (Å²) in [4.78, 5) is 19.1. The summed E-state index contributed by atoms with van der Waals surface area (Å²) in [5, 5.41) is 5.91. The van der Waals surface area contributed by atoms with E-state index in [-0.39, 0.29) is 17.8 Å². The Morgan fingerprint density at radius 2 is 2.31 bits per heavy atom. The van der Waals surface area contributed by atoms with Crippen LogP contribution < -0.4 is 16.4 Å². The molecule has 0 aromatic carbocycles. The Kier molecular flexibility index (Phi) is 3.19. The van der Waals surface area contributed by atoms with Gasteiger partial charge in [0, 0.05) is 25.2 Å². The molecule has 1 aromatic heterocycles. The number of amides is 1. The van der Waals surface area contributed by atoms with Gasteiger partial charge < -0.3 is 16.4 Å². The molecule has 0 radical (unpaired) electrons. The fraction of sp³-hybridized carbons (Fsp3) is 0.500. The van der Waals surface area contributed by atoms with Gasteiger partial charge in [-0.1, -0.05) is 0 Å². The summed E-state index contributed by atoms with van der Waals surface area (Å²) < 4.78 is 0. The van der Waals surface area contributed by atoms with Gasteiger partial charge in [0.15, 0.2) is 0 Å². The fourth-order valence-electron chi connectivity index (χ4n) is 1.34. The third kappa shape index (κ3) is 3.08. The van der Waals surface area contributed by atoms with E-state index in [4.69, 9.17) is 5.73 Å². The second-order valence-electron chi connectivity index (χ2n) is 3.79. The van der Waals surface area contributed by atoms with Crippen molar-refractivity contribution in [3.8, 4) is 0 Å². The molecule has 4 N–H and O–H groups in total. The van der Waals surface area contributed by atoms with E-state index < -0.39 is 0 Å². The molecule has 6 nitrogen and oxygen atoms in total. The summed E-state index contributed by atoms with van der Waals surface area (Å²) >= 11 is 0. The molecule has 0 saturated heterocycles. The lowest BCUT2D eigenvalue weighted by Gasteiger charge is -2.06. The average molecular weight is 221 g/mol. The van der Waals surface area contributed by atoms with E-state index in [1.807, 2.05) is 0 Å². The van der Waals surface area contributed by atoms with Crippen LogP contribution >= 0.6 is 0 Å². The van der Waals surface area contributed by atoms with E-state index in [0.29, 0.717) is 18.9 Å². The lowest BCUT2D eigenvalue weighted by molar-refractivity contribution is -0.122. The minimum absolute atomic E-state index is 0.156. The zero-order valence-electron chi connectivity index (χ0n) is 8.94. The smallest absolute Gasteiger partial charge is 0.223 e. The third-order valence-corrected chi connectivity index (χ3v) is 2.35. The third-order valence-electron chi connectivity index (χ3n) is 2.35. The molecule has 0 unspecified atom stereocenters. The molecule has 1 heterocycles. The zero-order chi connectivity index (χ0) is 11.4. The maximum Gasteiger partial charge on any atom is 0.223 e. The molecule has 0 bridgehead atoms. The summed E-state index contributed by atoms with van der Waals surface area (Å²) in [5.41, 5.74) is 5.43. The Labute approximate surface area is 93.7 Å².